The normalized spacial score (nSPS) is 11.1. The van der Waals surface area contributed by atoms with Crippen LogP contribution in [0.4, 0.5) is 0 Å². The predicted molar refractivity (Wildman–Crippen MR) is 112 cm³/mol. The van der Waals surface area contributed by atoms with E-state index in [1.54, 1.807) is 6.20 Å². The molecule has 2 heterocycles. The number of fused-ring (bicyclic) bond motifs is 1. The molecule has 5 nitrogen and oxygen atoms in total. The van der Waals surface area contributed by atoms with Crippen LogP contribution in [-0.2, 0) is 4.84 Å². The molecule has 7 heteroatoms. The first-order chi connectivity index (χ1) is 11.7. The number of oxime groups is 1. The van der Waals surface area contributed by atoms with Crippen molar-refractivity contribution >= 4 is 41.4 Å². The average Bonchev–Trinajstić information content (AvgIpc) is 3.02. The van der Waals surface area contributed by atoms with Gasteiger partial charge >= 0.3 is 0 Å². The molecule has 0 atom stereocenters. The topological polar surface area (TPSA) is 62.3 Å². The predicted octanol–water partition coefficient (Wildman–Crippen LogP) is 4.17. The molecule has 2 aromatic heterocycles. The number of pyridine rings is 1. The third-order valence-corrected chi connectivity index (χ3v) is 3.63. The van der Waals surface area contributed by atoms with Crippen LogP contribution >= 0.6 is 24.8 Å². The Morgan fingerprint density at radius 1 is 1.19 bits per heavy atom. The highest BCUT2D eigenvalue weighted by atomic mass is 35.5. The van der Waals surface area contributed by atoms with Gasteiger partial charge in [0.2, 0.25) is 0 Å². The summed E-state index contributed by atoms with van der Waals surface area (Å²) in [5, 5.41) is 8.79. The van der Waals surface area contributed by atoms with Crippen molar-refractivity contribution in [3.05, 3.63) is 66.1 Å². The number of aromatic amines is 1. The van der Waals surface area contributed by atoms with Crippen LogP contribution in [0, 0.1) is 0 Å². The molecule has 0 amide bonds. The van der Waals surface area contributed by atoms with Crippen molar-refractivity contribution in [2.75, 3.05) is 13.2 Å². The third kappa shape index (κ3) is 5.73. The summed E-state index contributed by atoms with van der Waals surface area (Å²) in [6, 6.07) is 14.5. The zero-order chi connectivity index (χ0) is 16.8. The van der Waals surface area contributed by atoms with E-state index in [1.165, 1.54) is 0 Å². The number of nitrogens with one attached hydrogen (secondary N) is 2. The van der Waals surface area contributed by atoms with Gasteiger partial charge in [0, 0.05) is 29.7 Å². The van der Waals surface area contributed by atoms with E-state index in [0.29, 0.717) is 12.6 Å². The Hall–Kier alpha value is -2.08. The lowest BCUT2D eigenvalue weighted by molar-refractivity contribution is 0.145. The van der Waals surface area contributed by atoms with E-state index in [4.69, 9.17) is 4.84 Å². The van der Waals surface area contributed by atoms with Gasteiger partial charge in [-0.2, -0.15) is 0 Å². The van der Waals surface area contributed by atoms with Crippen LogP contribution in [0.15, 0.2) is 60.0 Å². The van der Waals surface area contributed by atoms with E-state index in [1.807, 2.05) is 42.6 Å². The number of nitrogens with zero attached hydrogens (tertiary/aromatic N) is 2. The highest BCUT2D eigenvalue weighted by Crippen LogP contribution is 2.17. The standard InChI is InChI=1S/C19H22N4O.2ClH/c1-14(2)21-10-11-24-23-19(15-6-4-3-5-7-15)17-12-16-8-9-20-13-18(16)22-17;;/h3-9,12-14,21-22H,10-11H2,1-2H3;2*1H. The van der Waals surface area contributed by atoms with Gasteiger partial charge in [-0.3, -0.25) is 4.98 Å². The minimum Gasteiger partial charge on any atom is -0.394 e. The van der Waals surface area contributed by atoms with E-state index in [0.717, 1.165) is 34.4 Å². The molecular formula is C19H24Cl2N4O. The van der Waals surface area contributed by atoms with Gasteiger partial charge in [-0.25, -0.2) is 0 Å². The quantitative estimate of drug-likeness (QED) is 0.359. The van der Waals surface area contributed by atoms with Crippen molar-refractivity contribution in [2.24, 2.45) is 5.16 Å². The van der Waals surface area contributed by atoms with E-state index >= 15 is 0 Å². The van der Waals surface area contributed by atoms with E-state index in [9.17, 15) is 0 Å². The maximum Gasteiger partial charge on any atom is 0.133 e. The second-order valence-corrected chi connectivity index (χ2v) is 5.89. The fourth-order valence-corrected chi connectivity index (χ4v) is 2.46. The highest BCUT2D eigenvalue weighted by Gasteiger charge is 2.11. The Labute approximate surface area is 166 Å². The van der Waals surface area contributed by atoms with E-state index in [2.05, 4.69) is 40.4 Å². The summed E-state index contributed by atoms with van der Waals surface area (Å²) in [6.07, 6.45) is 3.60. The van der Waals surface area contributed by atoms with E-state index in [-0.39, 0.29) is 24.8 Å². The number of H-pyrrole nitrogens is 1. The largest absolute Gasteiger partial charge is 0.394 e. The monoisotopic (exact) mass is 394 g/mol. The first-order valence-electron chi connectivity index (χ1n) is 8.16. The molecule has 26 heavy (non-hydrogen) atoms. The third-order valence-electron chi connectivity index (χ3n) is 3.63. The number of rotatable bonds is 7. The number of hydrogen-bond acceptors (Lipinski definition) is 4. The Kier molecular flexibility index (Phi) is 9.13. The highest BCUT2D eigenvalue weighted by molar-refractivity contribution is 6.13. The fourth-order valence-electron chi connectivity index (χ4n) is 2.46. The molecule has 140 valence electrons. The van der Waals surface area contributed by atoms with Gasteiger partial charge in [0.05, 0.1) is 17.4 Å². The summed E-state index contributed by atoms with van der Waals surface area (Å²) in [4.78, 5) is 13.1. The molecule has 3 aromatic rings. The number of aromatic nitrogens is 2. The van der Waals surface area contributed by atoms with Crippen molar-refractivity contribution in [2.45, 2.75) is 19.9 Å². The van der Waals surface area contributed by atoms with Crippen LogP contribution in [0.5, 0.6) is 0 Å². The lowest BCUT2D eigenvalue weighted by Gasteiger charge is -2.08. The van der Waals surface area contributed by atoms with E-state index < -0.39 is 0 Å². The minimum absolute atomic E-state index is 0. The summed E-state index contributed by atoms with van der Waals surface area (Å²) in [7, 11) is 0. The summed E-state index contributed by atoms with van der Waals surface area (Å²) in [5.74, 6) is 0. The molecule has 1 aromatic carbocycles. The Morgan fingerprint density at radius 2 is 1.96 bits per heavy atom. The van der Waals surface area contributed by atoms with Crippen LogP contribution in [0.25, 0.3) is 10.9 Å². The Bertz CT molecular complexity index is 786. The Morgan fingerprint density at radius 3 is 2.65 bits per heavy atom. The molecule has 2 N–H and O–H groups in total. The Balaban J connectivity index is 0.00000169. The van der Waals surface area contributed by atoms with Crippen LogP contribution in [0.1, 0.15) is 25.1 Å². The van der Waals surface area contributed by atoms with Crippen molar-refractivity contribution in [1.29, 1.82) is 0 Å². The van der Waals surface area contributed by atoms with Gasteiger partial charge in [0.15, 0.2) is 0 Å². The maximum absolute atomic E-state index is 5.54. The molecular weight excluding hydrogens is 371 g/mol. The second kappa shape index (κ2) is 10.8. The van der Waals surface area contributed by atoms with Gasteiger partial charge in [0.25, 0.3) is 0 Å². The second-order valence-electron chi connectivity index (χ2n) is 5.89. The molecule has 0 unspecified atom stereocenters. The first-order valence-corrected chi connectivity index (χ1v) is 8.16. The average molecular weight is 395 g/mol. The van der Waals surface area contributed by atoms with Gasteiger partial charge in [-0.05, 0) is 12.1 Å². The fraction of sp³-hybridized carbons (Fsp3) is 0.263. The molecule has 0 aliphatic carbocycles. The molecule has 0 aliphatic rings. The smallest absolute Gasteiger partial charge is 0.133 e. The molecule has 0 bridgehead atoms. The van der Waals surface area contributed by atoms with Crippen molar-refractivity contribution in [3.8, 4) is 0 Å². The minimum atomic E-state index is 0. The first kappa shape index (κ1) is 22.0. The molecule has 0 aliphatic heterocycles. The van der Waals surface area contributed by atoms with Crippen LogP contribution < -0.4 is 5.32 Å². The van der Waals surface area contributed by atoms with Crippen molar-refractivity contribution in [1.82, 2.24) is 15.3 Å². The summed E-state index contributed by atoms with van der Waals surface area (Å²) < 4.78 is 0. The molecule has 3 rings (SSSR count). The lowest BCUT2D eigenvalue weighted by atomic mass is 10.1. The maximum atomic E-state index is 5.54. The summed E-state index contributed by atoms with van der Waals surface area (Å²) in [6.45, 7) is 5.50. The number of benzene rings is 1. The molecule has 0 spiro atoms. The van der Waals surface area contributed by atoms with Gasteiger partial charge in [0.1, 0.15) is 12.3 Å². The molecule has 0 saturated heterocycles. The van der Waals surface area contributed by atoms with Gasteiger partial charge < -0.3 is 15.1 Å². The van der Waals surface area contributed by atoms with Crippen LogP contribution in [0.2, 0.25) is 0 Å². The molecule has 0 radical (unpaired) electrons. The van der Waals surface area contributed by atoms with Crippen LogP contribution in [0.3, 0.4) is 0 Å². The van der Waals surface area contributed by atoms with Gasteiger partial charge in [-0.15, -0.1) is 24.8 Å². The summed E-state index contributed by atoms with van der Waals surface area (Å²) in [5.41, 5.74) is 3.70. The zero-order valence-corrected chi connectivity index (χ0v) is 16.4. The van der Waals surface area contributed by atoms with Crippen molar-refractivity contribution in [3.63, 3.8) is 0 Å². The lowest BCUT2D eigenvalue weighted by Crippen LogP contribution is -2.26. The number of halogens is 2. The number of hydrogen-bond donors (Lipinski definition) is 2. The SMILES string of the molecule is CC(C)NCCON=C(c1ccccc1)c1cc2ccncc2[nH]1.Cl.Cl. The summed E-state index contributed by atoms with van der Waals surface area (Å²) >= 11 is 0. The molecule has 0 fully saturated rings. The van der Waals surface area contributed by atoms with Crippen LogP contribution in [-0.4, -0.2) is 34.9 Å². The van der Waals surface area contributed by atoms with Gasteiger partial charge in [-0.1, -0.05) is 49.3 Å². The zero-order valence-electron chi connectivity index (χ0n) is 14.8. The van der Waals surface area contributed by atoms with Crippen molar-refractivity contribution < 1.29 is 4.84 Å². The molecule has 0 saturated carbocycles.